The first-order valence-electron chi connectivity index (χ1n) is 14.7. The Hall–Kier alpha value is -3.00. The molecule has 11 nitrogen and oxygen atoms in total. The second-order valence-corrected chi connectivity index (χ2v) is 13.8. The number of thiophene rings is 1. The number of fused-ring (bicyclic) bond motifs is 1. The fourth-order valence-corrected chi connectivity index (χ4v) is 8.42. The summed E-state index contributed by atoms with van der Waals surface area (Å²) in [6.07, 6.45) is 3.42. The molecule has 3 aliphatic heterocycles. The number of piperazine rings is 1. The molecule has 1 aromatic heterocycles. The van der Waals surface area contributed by atoms with Crippen molar-refractivity contribution in [1.82, 2.24) is 19.0 Å². The van der Waals surface area contributed by atoms with Crippen LogP contribution in [0.2, 0.25) is 0 Å². The minimum atomic E-state index is -3.80. The maximum Gasteiger partial charge on any atom is 0.409 e. The molecule has 42 heavy (non-hydrogen) atoms. The molecule has 228 valence electrons. The molecule has 4 heterocycles. The van der Waals surface area contributed by atoms with E-state index < -0.39 is 16.1 Å². The molecule has 0 unspecified atom stereocenters. The third-order valence-corrected chi connectivity index (χ3v) is 11.2. The summed E-state index contributed by atoms with van der Waals surface area (Å²) < 4.78 is 32.8. The Morgan fingerprint density at radius 1 is 0.905 bits per heavy atom. The van der Waals surface area contributed by atoms with E-state index in [0.717, 1.165) is 68.8 Å². The van der Waals surface area contributed by atoms with Gasteiger partial charge < -0.3 is 19.9 Å². The average Bonchev–Trinajstić information content (AvgIpc) is 3.38. The van der Waals surface area contributed by atoms with Gasteiger partial charge in [0.15, 0.2) is 0 Å². The number of sulfonamides is 1. The molecule has 13 heteroatoms. The number of amides is 3. The zero-order valence-electron chi connectivity index (χ0n) is 24.3. The predicted octanol–water partition coefficient (Wildman–Crippen LogP) is 3.47. The van der Waals surface area contributed by atoms with Gasteiger partial charge in [-0.15, -0.1) is 11.3 Å². The lowest BCUT2D eigenvalue weighted by atomic mass is 10.0. The molecule has 2 aromatic rings. The number of ether oxygens (including phenoxy) is 1. The van der Waals surface area contributed by atoms with Crippen LogP contribution in [-0.2, 0) is 27.7 Å². The number of hydrogen-bond acceptors (Lipinski definition) is 8. The highest BCUT2D eigenvalue weighted by Crippen LogP contribution is 2.38. The molecule has 0 spiro atoms. The lowest BCUT2D eigenvalue weighted by molar-refractivity contribution is 0.0723. The molecular weight excluding hydrogens is 578 g/mol. The van der Waals surface area contributed by atoms with Crippen molar-refractivity contribution in [2.24, 2.45) is 0 Å². The third-order valence-electron chi connectivity index (χ3n) is 8.19. The summed E-state index contributed by atoms with van der Waals surface area (Å²) in [5.41, 5.74) is 1.96. The topological polar surface area (TPSA) is 120 Å². The molecule has 5 rings (SSSR count). The Morgan fingerprint density at radius 2 is 1.60 bits per heavy atom. The van der Waals surface area contributed by atoms with Gasteiger partial charge in [-0.05, 0) is 69.0 Å². The van der Waals surface area contributed by atoms with Crippen LogP contribution in [0.15, 0.2) is 29.2 Å². The number of carbonyl (C=O) groups excluding carboxylic acids is 3. The van der Waals surface area contributed by atoms with E-state index in [9.17, 15) is 22.8 Å². The molecule has 2 saturated heterocycles. The third kappa shape index (κ3) is 6.34. The van der Waals surface area contributed by atoms with Gasteiger partial charge >= 0.3 is 6.09 Å². The number of hydrogen-bond donors (Lipinski definition) is 1. The SMILES string of the molecule is CCOC(=O)N1CCN(S(=O)(=O)c2ccc(C(=O)Nc3sc4c(c3C(=O)N3CCCCC3)CCN(CC)C4)cc2)CC1. The summed E-state index contributed by atoms with van der Waals surface area (Å²) in [4.78, 5) is 45.9. The fourth-order valence-electron chi connectivity index (χ4n) is 5.72. The minimum Gasteiger partial charge on any atom is -0.450 e. The highest BCUT2D eigenvalue weighted by molar-refractivity contribution is 7.89. The van der Waals surface area contributed by atoms with Crippen LogP contribution in [0.4, 0.5) is 9.80 Å². The Balaban J connectivity index is 1.31. The standard InChI is InChI=1S/C29H39N5O6S2/c1-3-31-15-12-23-24(20-31)41-27(25(23)28(36)32-13-6-5-7-14-32)30-26(35)21-8-10-22(11-9-21)42(38,39)34-18-16-33(17-19-34)29(37)40-4-2/h8-11H,3-7,12-20H2,1-2H3,(H,30,35). The van der Waals surface area contributed by atoms with Crippen molar-refractivity contribution in [1.29, 1.82) is 0 Å². The van der Waals surface area contributed by atoms with Gasteiger partial charge in [-0.1, -0.05) is 6.92 Å². The number of benzene rings is 1. The largest absolute Gasteiger partial charge is 0.450 e. The van der Waals surface area contributed by atoms with E-state index in [2.05, 4.69) is 17.1 Å². The average molecular weight is 618 g/mol. The molecule has 0 bridgehead atoms. The Bertz CT molecular complexity index is 1410. The van der Waals surface area contributed by atoms with Crippen molar-refractivity contribution in [2.75, 3.05) is 64.3 Å². The Morgan fingerprint density at radius 3 is 2.24 bits per heavy atom. The van der Waals surface area contributed by atoms with Crippen LogP contribution in [0.25, 0.3) is 0 Å². The number of rotatable bonds is 7. The molecule has 1 N–H and O–H groups in total. The number of piperidine rings is 1. The second-order valence-electron chi connectivity index (χ2n) is 10.7. The van der Waals surface area contributed by atoms with Crippen LogP contribution >= 0.6 is 11.3 Å². The zero-order valence-corrected chi connectivity index (χ0v) is 25.9. The molecule has 0 atom stereocenters. The van der Waals surface area contributed by atoms with Gasteiger partial charge in [0.05, 0.1) is 17.1 Å². The second kappa shape index (κ2) is 13.1. The molecule has 1 aromatic carbocycles. The van der Waals surface area contributed by atoms with Crippen LogP contribution in [0.1, 0.15) is 64.3 Å². The number of likely N-dealkylation sites (N-methyl/N-ethyl adjacent to an activating group) is 1. The lowest BCUT2D eigenvalue weighted by Gasteiger charge is -2.33. The van der Waals surface area contributed by atoms with Crippen LogP contribution in [0.3, 0.4) is 0 Å². The van der Waals surface area contributed by atoms with E-state index in [0.29, 0.717) is 16.1 Å². The summed E-state index contributed by atoms with van der Waals surface area (Å²) in [5, 5.41) is 3.55. The molecule has 0 saturated carbocycles. The van der Waals surface area contributed by atoms with Gasteiger partial charge in [0.1, 0.15) is 5.00 Å². The van der Waals surface area contributed by atoms with Crippen LogP contribution < -0.4 is 5.32 Å². The molecular formula is C29H39N5O6S2. The highest BCUT2D eigenvalue weighted by Gasteiger charge is 2.33. The zero-order chi connectivity index (χ0) is 29.9. The minimum absolute atomic E-state index is 0.0167. The number of carbonyl (C=O) groups is 3. The summed E-state index contributed by atoms with van der Waals surface area (Å²) in [7, 11) is -3.80. The van der Waals surface area contributed by atoms with E-state index >= 15 is 0 Å². The van der Waals surface area contributed by atoms with Gasteiger partial charge in [0.2, 0.25) is 10.0 Å². The van der Waals surface area contributed by atoms with Crippen LogP contribution in [-0.4, -0.2) is 104 Å². The number of likely N-dealkylation sites (tertiary alicyclic amines) is 1. The number of nitrogens with one attached hydrogen (secondary N) is 1. The Kier molecular flexibility index (Phi) is 9.50. The summed E-state index contributed by atoms with van der Waals surface area (Å²) in [6, 6.07) is 5.85. The monoisotopic (exact) mass is 617 g/mol. The van der Waals surface area contributed by atoms with E-state index in [-0.39, 0.29) is 49.5 Å². The highest BCUT2D eigenvalue weighted by atomic mass is 32.2. The van der Waals surface area contributed by atoms with Crippen molar-refractivity contribution in [2.45, 2.75) is 51.0 Å². The fraction of sp³-hybridized carbons (Fsp3) is 0.552. The van der Waals surface area contributed by atoms with Crippen molar-refractivity contribution in [3.8, 4) is 0 Å². The quantitative estimate of drug-likeness (QED) is 0.505. The number of anilines is 1. The van der Waals surface area contributed by atoms with Crippen molar-refractivity contribution in [3.63, 3.8) is 0 Å². The smallest absolute Gasteiger partial charge is 0.409 e. The van der Waals surface area contributed by atoms with Gasteiger partial charge in [-0.25, -0.2) is 13.2 Å². The van der Waals surface area contributed by atoms with E-state index in [4.69, 9.17) is 4.74 Å². The predicted molar refractivity (Wildman–Crippen MR) is 160 cm³/mol. The molecule has 0 aliphatic carbocycles. The molecule has 3 amide bonds. The van der Waals surface area contributed by atoms with Gasteiger partial charge in [-0.3, -0.25) is 14.5 Å². The van der Waals surface area contributed by atoms with E-state index in [1.807, 2.05) is 4.90 Å². The first-order chi connectivity index (χ1) is 20.2. The van der Waals surface area contributed by atoms with Gasteiger partial charge in [-0.2, -0.15) is 4.31 Å². The van der Waals surface area contributed by atoms with Crippen LogP contribution in [0.5, 0.6) is 0 Å². The molecule has 3 aliphatic rings. The van der Waals surface area contributed by atoms with Gasteiger partial charge in [0.25, 0.3) is 11.8 Å². The van der Waals surface area contributed by atoms with Crippen molar-refractivity contribution < 1.29 is 27.5 Å². The van der Waals surface area contributed by atoms with Crippen molar-refractivity contribution in [3.05, 3.63) is 45.8 Å². The maximum atomic E-state index is 13.7. The van der Waals surface area contributed by atoms with Gasteiger partial charge in [0, 0.05) is 62.8 Å². The Labute approximate surface area is 251 Å². The summed E-state index contributed by atoms with van der Waals surface area (Å²) >= 11 is 1.47. The maximum absolute atomic E-state index is 13.7. The summed E-state index contributed by atoms with van der Waals surface area (Å²) in [6.45, 7) is 8.94. The molecule has 0 radical (unpaired) electrons. The normalized spacial score (nSPS) is 18.4. The molecule has 2 fully saturated rings. The van der Waals surface area contributed by atoms with Crippen molar-refractivity contribution >= 4 is 44.3 Å². The van der Waals surface area contributed by atoms with E-state index in [1.54, 1.807) is 6.92 Å². The number of nitrogens with zero attached hydrogens (tertiary/aromatic N) is 4. The van der Waals surface area contributed by atoms with E-state index in [1.165, 1.54) is 44.8 Å². The first kappa shape index (κ1) is 30.5. The lowest BCUT2D eigenvalue weighted by Crippen LogP contribution is -2.50. The van der Waals surface area contributed by atoms with Crippen LogP contribution in [0, 0.1) is 0 Å². The summed E-state index contributed by atoms with van der Waals surface area (Å²) in [5.74, 6) is -0.405. The first-order valence-corrected chi connectivity index (χ1v) is 17.0.